The Labute approximate surface area is 75.8 Å². The Hall–Kier alpha value is -0.960. The largest absolute Gasteiger partial charge is 0.307 e. The summed E-state index contributed by atoms with van der Waals surface area (Å²) < 4.78 is 25.3. The van der Waals surface area contributed by atoms with Crippen LogP contribution >= 0.6 is 0 Å². The fourth-order valence-corrected chi connectivity index (χ4v) is 1.76. The van der Waals surface area contributed by atoms with Gasteiger partial charge in [0.25, 0.3) is 0 Å². The highest BCUT2D eigenvalue weighted by atomic mass is 19.1. The van der Waals surface area contributed by atoms with Crippen molar-refractivity contribution in [2.75, 3.05) is 13.2 Å². The Morgan fingerprint density at radius 3 is 3.08 bits per heavy atom. The summed E-state index contributed by atoms with van der Waals surface area (Å²) in [5, 5.41) is 3.05. The zero-order valence-electron chi connectivity index (χ0n) is 7.19. The van der Waals surface area contributed by atoms with Gasteiger partial charge in [0.05, 0.1) is 6.04 Å². The second-order valence-electron chi connectivity index (χ2n) is 3.25. The molecule has 1 aromatic rings. The van der Waals surface area contributed by atoms with Gasteiger partial charge in [0, 0.05) is 0 Å². The van der Waals surface area contributed by atoms with Crippen LogP contribution in [0.1, 0.15) is 17.2 Å². The summed E-state index contributed by atoms with van der Waals surface area (Å²) >= 11 is 0. The number of fused-ring (bicyclic) bond motifs is 1. The minimum absolute atomic E-state index is 0.238. The first kappa shape index (κ1) is 8.63. The molecule has 0 fully saturated rings. The Balaban J connectivity index is 2.40. The van der Waals surface area contributed by atoms with Gasteiger partial charge in [-0.3, -0.25) is 0 Å². The lowest BCUT2D eigenvalue weighted by Gasteiger charge is -2.24. The molecule has 1 aliphatic rings. The van der Waals surface area contributed by atoms with Crippen LogP contribution in [0, 0.1) is 5.82 Å². The maximum Gasteiger partial charge on any atom is 0.123 e. The van der Waals surface area contributed by atoms with Crippen LogP contribution in [0.2, 0.25) is 0 Å². The van der Waals surface area contributed by atoms with Gasteiger partial charge in [-0.15, -0.1) is 0 Å². The maximum atomic E-state index is 12.8. The van der Waals surface area contributed by atoms with E-state index in [0.717, 1.165) is 24.1 Å². The van der Waals surface area contributed by atoms with Crippen molar-refractivity contribution in [1.29, 1.82) is 0 Å². The van der Waals surface area contributed by atoms with E-state index in [-0.39, 0.29) is 11.9 Å². The molecule has 0 radical (unpaired) electrons. The van der Waals surface area contributed by atoms with E-state index < -0.39 is 6.67 Å². The van der Waals surface area contributed by atoms with E-state index in [2.05, 4.69) is 5.32 Å². The fraction of sp³-hybridized carbons (Fsp3) is 0.400. The van der Waals surface area contributed by atoms with E-state index >= 15 is 0 Å². The molecule has 2 rings (SSSR count). The predicted molar refractivity (Wildman–Crippen MR) is 46.8 cm³/mol. The third-order valence-electron chi connectivity index (χ3n) is 2.42. The summed E-state index contributed by atoms with van der Waals surface area (Å²) in [7, 11) is 0. The summed E-state index contributed by atoms with van der Waals surface area (Å²) in [5.74, 6) is -0.238. The van der Waals surface area contributed by atoms with Gasteiger partial charge in [0.15, 0.2) is 0 Å². The van der Waals surface area contributed by atoms with E-state index in [1.807, 2.05) is 0 Å². The molecular weight excluding hydrogens is 172 g/mol. The van der Waals surface area contributed by atoms with Gasteiger partial charge in [-0.1, -0.05) is 6.07 Å². The van der Waals surface area contributed by atoms with E-state index in [1.165, 1.54) is 12.1 Å². The number of rotatable bonds is 1. The molecule has 0 aromatic heterocycles. The van der Waals surface area contributed by atoms with Gasteiger partial charge >= 0.3 is 0 Å². The third kappa shape index (κ3) is 1.56. The number of hydrogen-bond acceptors (Lipinski definition) is 1. The van der Waals surface area contributed by atoms with Gasteiger partial charge in [0.2, 0.25) is 0 Å². The summed E-state index contributed by atoms with van der Waals surface area (Å²) in [4.78, 5) is 0. The number of hydrogen-bond donors (Lipinski definition) is 1. The van der Waals surface area contributed by atoms with E-state index in [1.54, 1.807) is 6.07 Å². The summed E-state index contributed by atoms with van der Waals surface area (Å²) in [5.41, 5.74) is 1.83. The SMILES string of the molecule is FCC1NCCc2cc(F)ccc21. The Kier molecular flexibility index (Phi) is 2.27. The van der Waals surface area contributed by atoms with Crippen molar-refractivity contribution in [3.05, 3.63) is 35.1 Å². The van der Waals surface area contributed by atoms with Crippen LogP contribution in [-0.4, -0.2) is 13.2 Å². The molecule has 1 aromatic carbocycles. The van der Waals surface area contributed by atoms with E-state index in [0.29, 0.717) is 0 Å². The van der Waals surface area contributed by atoms with Crippen LogP contribution in [0.25, 0.3) is 0 Å². The van der Waals surface area contributed by atoms with Crippen molar-refractivity contribution in [3.63, 3.8) is 0 Å². The highest BCUT2D eigenvalue weighted by Gasteiger charge is 2.19. The molecule has 0 aliphatic carbocycles. The number of halogens is 2. The maximum absolute atomic E-state index is 12.8. The molecule has 13 heavy (non-hydrogen) atoms. The summed E-state index contributed by atoms with van der Waals surface area (Å²) in [6.45, 7) is 0.295. The lowest BCUT2D eigenvalue weighted by molar-refractivity contribution is 0.370. The summed E-state index contributed by atoms with van der Waals surface area (Å²) in [6, 6.07) is 4.30. The molecule has 1 N–H and O–H groups in total. The number of alkyl halides is 1. The molecule has 1 aliphatic heterocycles. The average Bonchev–Trinajstić information content (AvgIpc) is 2.16. The van der Waals surface area contributed by atoms with Crippen LogP contribution in [-0.2, 0) is 6.42 Å². The van der Waals surface area contributed by atoms with Crippen molar-refractivity contribution in [2.45, 2.75) is 12.5 Å². The molecule has 1 heterocycles. The highest BCUT2D eigenvalue weighted by Crippen LogP contribution is 2.23. The van der Waals surface area contributed by atoms with Gasteiger partial charge in [-0.05, 0) is 36.2 Å². The van der Waals surface area contributed by atoms with Crippen LogP contribution in [0.5, 0.6) is 0 Å². The van der Waals surface area contributed by atoms with Gasteiger partial charge in [-0.25, -0.2) is 8.78 Å². The Morgan fingerprint density at radius 1 is 1.46 bits per heavy atom. The average molecular weight is 183 g/mol. The number of nitrogens with one attached hydrogen (secondary N) is 1. The quantitative estimate of drug-likeness (QED) is 0.702. The van der Waals surface area contributed by atoms with Crippen molar-refractivity contribution in [2.24, 2.45) is 0 Å². The van der Waals surface area contributed by atoms with Crippen LogP contribution in [0.3, 0.4) is 0 Å². The van der Waals surface area contributed by atoms with Crippen LogP contribution < -0.4 is 5.32 Å². The van der Waals surface area contributed by atoms with Crippen molar-refractivity contribution < 1.29 is 8.78 Å². The molecule has 0 saturated carbocycles. The Bertz CT molecular complexity index is 312. The monoisotopic (exact) mass is 183 g/mol. The first-order valence-electron chi connectivity index (χ1n) is 4.39. The highest BCUT2D eigenvalue weighted by molar-refractivity contribution is 5.33. The first-order valence-corrected chi connectivity index (χ1v) is 4.39. The molecular formula is C10H11F2N. The minimum Gasteiger partial charge on any atom is -0.307 e. The first-order chi connectivity index (χ1) is 6.31. The molecule has 0 amide bonds. The van der Waals surface area contributed by atoms with Crippen LogP contribution in [0.4, 0.5) is 8.78 Å². The van der Waals surface area contributed by atoms with Gasteiger partial charge < -0.3 is 5.32 Å². The van der Waals surface area contributed by atoms with Crippen molar-refractivity contribution in [1.82, 2.24) is 5.32 Å². The molecule has 0 saturated heterocycles. The zero-order valence-corrected chi connectivity index (χ0v) is 7.19. The zero-order chi connectivity index (χ0) is 9.26. The van der Waals surface area contributed by atoms with Crippen molar-refractivity contribution in [3.8, 4) is 0 Å². The van der Waals surface area contributed by atoms with E-state index in [9.17, 15) is 8.78 Å². The topological polar surface area (TPSA) is 12.0 Å². The lowest BCUT2D eigenvalue weighted by atomic mass is 9.95. The molecule has 70 valence electrons. The molecule has 3 heteroatoms. The Morgan fingerprint density at radius 2 is 2.31 bits per heavy atom. The van der Waals surface area contributed by atoms with Crippen LogP contribution in [0.15, 0.2) is 18.2 Å². The normalized spacial score (nSPS) is 21.2. The van der Waals surface area contributed by atoms with Gasteiger partial charge in [-0.2, -0.15) is 0 Å². The van der Waals surface area contributed by atoms with E-state index in [4.69, 9.17) is 0 Å². The predicted octanol–water partition coefficient (Wildman–Crippen LogP) is 1.98. The minimum atomic E-state index is -0.432. The molecule has 0 bridgehead atoms. The number of benzene rings is 1. The van der Waals surface area contributed by atoms with Gasteiger partial charge in [0.1, 0.15) is 12.5 Å². The van der Waals surface area contributed by atoms with Crippen molar-refractivity contribution >= 4 is 0 Å². The molecule has 1 atom stereocenters. The smallest absolute Gasteiger partial charge is 0.123 e. The molecule has 0 spiro atoms. The lowest BCUT2D eigenvalue weighted by Crippen LogP contribution is -2.31. The molecule has 1 nitrogen and oxygen atoms in total. The second kappa shape index (κ2) is 3.42. The summed E-state index contributed by atoms with van der Waals surface area (Å²) in [6.07, 6.45) is 0.781. The third-order valence-corrected chi connectivity index (χ3v) is 2.42. The standard InChI is InChI=1S/C10H11F2N/c11-6-10-9-2-1-8(12)5-7(9)3-4-13-10/h1-2,5,10,13H,3-4,6H2. The fourth-order valence-electron chi connectivity index (χ4n) is 1.76. The second-order valence-corrected chi connectivity index (χ2v) is 3.25. The molecule has 1 unspecified atom stereocenters.